The molecule has 0 unspecified atom stereocenters. The minimum atomic E-state index is 0. The van der Waals surface area contributed by atoms with E-state index in [9.17, 15) is 0 Å². The summed E-state index contributed by atoms with van der Waals surface area (Å²) in [4.78, 5) is 10.5. The summed E-state index contributed by atoms with van der Waals surface area (Å²) in [6, 6.07) is 7.39. The van der Waals surface area contributed by atoms with E-state index >= 15 is 0 Å². The van der Waals surface area contributed by atoms with Crippen LogP contribution in [-0.2, 0) is 0 Å². The second-order valence-electron chi connectivity index (χ2n) is 3.88. The summed E-state index contributed by atoms with van der Waals surface area (Å²) in [5, 5.41) is 8.20. The number of hydrogen-bond acceptors (Lipinski definition) is 6. The van der Waals surface area contributed by atoms with Gasteiger partial charge in [0.15, 0.2) is 5.16 Å². The highest BCUT2D eigenvalue weighted by Crippen LogP contribution is 2.28. The van der Waals surface area contributed by atoms with Gasteiger partial charge in [-0.1, -0.05) is 17.8 Å². The van der Waals surface area contributed by atoms with Crippen molar-refractivity contribution in [3.05, 3.63) is 36.0 Å². The maximum Gasteiger partial charge on any atom is 0.189 e. The zero-order valence-electron chi connectivity index (χ0n) is 10.8. The minimum Gasteiger partial charge on any atom is -0.398 e. The second-order valence-corrected chi connectivity index (χ2v) is 4.66. The van der Waals surface area contributed by atoms with E-state index < -0.39 is 0 Å². The average molecular weight is 275 g/mol. The van der Waals surface area contributed by atoms with Crippen LogP contribution in [0.15, 0.2) is 35.6 Å². The minimum absolute atomic E-state index is 0. The molecule has 100 valence electrons. The summed E-state index contributed by atoms with van der Waals surface area (Å²) in [5.74, 6) is 0.771. The molecule has 2 rings (SSSR count). The van der Waals surface area contributed by atoms with E-state index in [0.717, 1.165) is 11.5 Å². The Morgan fingerprint density at radius 2 is 2.21 bits per heavy atom. The van der Waals surface area contributed by atoms with Gasteiger partial charge in [-0.2, -0.15) is 0 Å². The molecule has 1 aromatic heterocycles. The number of nitrogens with one attached hydrogen (secondary N) is 1. The van der Waals surface area contributed by atoms with Crippen LogP contribution in [0.5, 0.6) is 0 Å². The summed E-state index contributed by atoms with van der Waals surface area (Å²) < 4.78 is 0. The van der Waals surface area contributed by atoms with E-state index in [-0.39, 0.29) is 1.43 Å². The standard InChI is InChI=1S/C13H15N5S.H2/c1-18(12-6-7-16-13(17-12)19-2)11-5-3-4-10(15)9(11)8-14;/h3-8,14H,15H2,1-2H3;1H. The normalized spacial score (nSPS) is 10.2. The number of benzene rings is 1. The Morgan fingerprint density at radius 1 is 1.42 bits per heavy atom. The highest BCUT2D eigenvalue weighted by molar-refractivity contribution is 7.98. The van der Waals surface area contributed by atoms with Crippen LogP contribution in [-0.4, -0.2) is 29.5 Å². The lowest BCUT2D eigenvalue weighted by atomic mass is 10.1. The van der Waals surface area contributed by atoms with Gasteiger partial charge in [-0.05, 0) is 24.5 Å². The van der Waals surface area contributed by atoms with E-state index in [1.54, 1.807) is 12.3 Å². The second kappa shape index (κ2) is 5.71. The average Bonchev–Trinajstić information content (AvgIpc) is 2.46. The number of anilines is 3. The highest BCUT2D eigenvalue weighted by atomic mass is 32.2. The molecular formula is C13H17N5S. The van der Waals surface area contributed by atoms with Crippen LogP contribution in [0.1, 0.15) is 6.99 Å². The Balaban J connectivity index is 0.00000200. The fraction of sp³-hybridized carbons (Fsp3) is 0.154. The largest absolute Gasteiger partial charge is 0.398 e. The Labute approximate surface area is 117 Å². The van der Waals surface area contributed by atoms with Crippen molar-refractivity contribution in [3.8, 4) is 0 Å². The fourth-order valence-electron chi connectivity index (χ4n) is 1.76. The van der Waals surface area contributed by atoms with Gasteiger partial charge in [0.05, 0.1) is 5.69 Å². The Kier molecular flexibility index (Phi) is 4.01. The summed E-state index contributed by atoms with van der Waals surface area (Å²) in [7, 11) is 1.90. The third-order valence-electron chi connectivity index (χ3n) is 2.77. The predicted molar refractivity (Wildman–Crippen MR) is 82.7 cm³/mol. The van der Waals surface area contributed by atoms with Gasteiger partial charge in [0.1, 0.15) is 5.82 Å². The summed E-state index contributed by atoms with van der Waals surface area (Å²) >= 11 is 1.49. The lowest BCUT2D eigenvalue weighted by molar-refractivity contribution is 0.945. The van der Waals surface area contributed by atoms with Crippen molar-refractivity contribution in [2.45, 2.75) is 5.16 Å². The van der Waals surface area contributed by atoms with E-state index in [1.165, 1.54) is 18.0 Å². The Bertz CT molecular complexity index is 605. The third-order valence-corrected chi connectivity index (χ3v) is 3.33. The lowest BCUT2D eigenvalue weighted by Crippen LogP contribution is -2.14. The molecule has 1 aromatic carbocycles. The van der Waals surface area contributed by atoms with E-state index in [1.807, 2.05) is 36.4 Å². The van der Waals surface area contributed by atoms with Gasteiger partial charge in [-0.15, -0.1) is 0 Å². The van der Waals surface area contributed by atoms with Gasteiger partial charge < -0.3 is 16.0 Å². The van der Waals surface area contributed by atoms with Crippen molar-refractivity contribution >= 4 is 35.2 Å². The highest BCUT2D eigenvalue weighted by Gasteiger charge is 2.11. The molecule has 3 N–H and O–H groups in total. The van der Waals surface area contributed by atoms with Crippen LogP contribution < -0.4 is 10.6 Å². The number of aromatic nitrogens is 2. The molecule has 0 spiro atoms. The smallest absolute Gasteiger partial charge is 0.189 e. The molecule has 0 radical (unpaired) electrons. The SMILES string of the molecule is CSc1nccc(N(C)c2cccc(N)c2C=N)n1.[HH]. The van der Waals surface area contributed by atoms with Crippen molar-refractivity contribution < 1.29 is 1.43 Å². The molecule has 0 atom stereocenters. The molecule has 0 saturated carbocycles. The van der Waals surface area contributed by atoms with Crippen molar-refractivity contribution in [3.63, 3.8) is 0 Å². The quantitative estimate of drug-likeness (QED) is 0.388. The molecule has 0 fully saturated rings. The molecule has 1 heterocycles. The van der Waals surface area contributed by atoms with Gasteiger partial charge in [-0.25, -0.2) is 9.97 Å². The van der Waals surface area contributed by atoms with E-state index in [0.29, 0.717) is 16.4 Å². The van der Waals surface area contributed by atoms with Crippen molar-refractivity contribution in [2.75, 3.05) is 23.9 Å². The lowest BCUT2D eigenvalue weighted by Gasteiger charge is -2.21. The molecule has 0 aliphatic rings. The van der Waals surface area contributed by atoms with Gasteiger partial charge in [0.25, 0.3) is 0 Å². The maximum absolute atomic E-state index is 7.49. The Hall–Kier alpha value is -2.08. The topological polar surface area (TPSA) is 78.9 Å². The predicted octanol–water partition coefficient (Wildman–Crippen LogP) is 2.79. The molecule has 0 aliphatic heterocycles. The number of rotatable bonds is 4. The molecule has 0 amide bonds. The van der Waals surface area contributed by atoms with Gasteiger partial charge >= 0.3 is 0 Å². The van der Waals surface area contributed by atoms with Crippen molar-refractivity contribution in [1.29, 1.82) is 5.41 Å². The first kappa shape index (κ1) is 13.4. The summed E-state index contributed by atoms with van der Waals surface area (Å²) in [6.45, 7) is 0. The molecule has 0 aliphatic carbocycles. The fourth-order valence-corrected chi connectivity index (χ4v) is 2.11. The van der Waals surface area contributed by atoms with Crippen molar-refractivity contribution in [2.24, 2.45) is 0 Å². The van der Waals surface area contributed by atoms with E-state index in [2.05, 4.69) is 9.97 Å². The molecule has 5 nitrogen and oxygen atoms in total. The number of nitrogens with two attached hydrogens (primary N) is 1. The van der Waals surface area contributed by atoms with Crippen LogP contribution in [0.2, 0.25) is 0 Å². The first-order chi connectivity index (χ1) is 9.17. The van der Waals surface area contributed by atoms with Gasteiger partial charge in [-0.3, -0.25) is 0 Å². The zero-order chi connectivity index (χ0) is 13.8. The molecule has 6 heteroatoms. The summed E-state index contributed by atoms with van der Waals surface area (Å²) in [5.41, 5.74) is 8.01. The van der Waals surface area contributed by atoms with Crippen molar-refractivity contribution in [1.82, 2.24) is 9.97 Å². The van der Waals surface area contributed by atoms with Crippen LogP contribution in [0, 0.1) is 5.41 Å². The van der Waals surface area contributed by atoms with Crippen LogP contribution in [0.4, 0.5) is 17.2 Å². The number of thioether (sulfide) groups is 1. The molecular weight excluding hydrogens is 258 g/mol. The first-order valence-electron chi connectivity index (χ1n) is 5.67. The van der Waals surface area contributed by atoms with Crippen LogP contribution in [0.25, 0.3) is 0 Å². The van der Waals surface area contributed by atoms with Crippen LogP contribution >= 0.6 is 11.8 Å². The zero-order valence-corrected chi connectivity index (χ0v) is 11.6. The number of nitrogen functional groups attached to an aromatic ring is 1. The maximum atomic E-state index is 7.49. The van der Waals surface area contributed by atoms with E-state index in [4.69, 9.17) is 11.1 Å². The Morgan fingerprint density at radius 3 is 2.89 bits per heavy atom. The number of nitrogens with zero attached hydrogens (tertiary/aromatic N) is 3. The molecule has 19 heavy (non-hydrogen) atoms. The molecule has 0 saturated heterocycles. The molecule has 2 aromatic rings. The number of hydrogen-bond donors (Lipinski definition) is 2. The van der Waals surface area contributed by atoms with Gasteiger partial charge in [0, 0.05) is 32.1 Å². The monoisotopic (exact) mass is 275 g/mol. The first-order valence-corrected chi connectivity index (χ1v) is 6.89. The van der Waals surface area contributed by atoms with Crippen LogP contribution in [0.3, 0.4) is 0 Å². The third kappa shape index (κ3) is 2.68. The summed E-state index contributed by atoms with van der Waals surface area (Å²) in [6.07, 6.45) is 4.92. The molecule has 0 bridgehead atoms. The van der Waals surface area contributed by atoms with Gasteiger partial charge in [0.2, 0.25) is 0 Å².